The largest absolute Gasteiger partial charge is 0.383 e. The molecule has 0 bridgehead atoms. The van der Waals surface area contributed by atoms with E-state index in [4.69, 9.17) is 4.74 Å². The van der Waals surface area contributed by atoms with E-state index in [1.807, 2.05) is 6.07 Å². The maximum Gasteiger partial charge on any atom is 0.261 e. The monoisotopic (exact) mass is 384 g/mol. The van der Waals surface area contributed by atoms with Gasteiger partial charge in [-0.2, -0.15) is 0 Å². The minimum absolute atomic E-state index is 0.0464. The van der Waals surface area contributed by atoms with Gasteiger partial charge in [0.05, 0.1) is 15.3 Å². The lowest BCUT2D eigenvalue weighted by Gasteiger charge is -2.05. The van der Waals surface area contributed by atoms with Crippen LogP contribution in [0.2, 0.25) is 0 Å². The van der Waals surface area contributed by atoms with E-state index >= 15 is 0 Å². The molecule has 0 atom stereocenters. The van der Waals surface area contributed by atoms with Crippen molar-refractivity contribution in [3.05, 3.63) is 19.2 Å². The Morgan fingerprint density at radius 2 is 2.18 bits per heavy atom. The van der Waals surface area contributed by atoms with Gasteiger partial charge in [0.1, 0.15) is 0 Å². The molecule has 0 saturated carbocycles. The van der Waals surface area contributed by atoms with Crippen molar-refractivity contribution < 1.29 is 9.53 Å². The molecule has 1 rings (SSSR count). The van der Waals surface area contributed by atoms with E-state index in [1.165, 1.54) is 11.3 Å². The zero-order chi connectivity index (χ0) is 12.7. The van der Waals surface area contributed by atoms with Crippen LogP contribution in [0, 0.1) is 0 Å². The lowest BCUT2D eigenvalue weighted by Crippen LogP contribution is -2.32. The maximum absolute atomic E-state index is 11.7. The fourth-order valence-electron chi connectivity index (χ4n) is 1.11. The molecule has 4 nitrogen and oxygen atoms in total. The SMILES string of the molecule is COCCNCCNC(=O)c1cc(Br)c(Br)s1. The second-order valence-corrected chi connectivity index (χ2v) is 6.46. The summed E-state index contributed by atoms with van der Waals surface area (Å²) < 4.78 is 6.74. The smallest absolute Gasteiger partial charge is 0.261 e. The van der Waals surface area contributed by atoms with Crippen molar-refractivity contribution in [3.63, 3.8) is 0 Å². The molecule has 0 aliphatic carbocycles. The van der Waals surface area contributed by atoms with E-state index in [0.29, 0.717) is 18.0 Å². The first kappa shape index (κ1) is 15.1. The number of hydrogen-bond donors (Lipinski definition) is 2. The standard InChI is InChI=1S/C10H14Br2N2O2S/c1-16-5-4-13-2-3-14-10(15)8-6-7(11)9(12)17-8/h6,13H,2-5H2,1H3,(H,14,15). The van der Waals surface area contributed by atoms with Crippen molar-refractivity contribution in [1.82, 2.24) is 10.6 Å². The molecular formula is C10H14Br2N2O2S. The van der Waals surface area contributed by atoms with Crippen LogP contribution >= 0.6 is 43.2 Å². The van der Waals surface area contributed by atoms with E-state index in [9.17, 15) is 4.79 Å². The quantitative estimate of drug-likeness (QED) is 0.707. The number of rotatable bonds is 7. The second-order valence-electron chi connectivity index (χ2n) is 3.23. The zero-order valence-electron chi connectivity index (χ0n) is 9.39. The highest BCUT2D eigenvalue weighted by Crippen LogP contribution is 2.32. The van der Waals surface area contributed by atoms with E-state index < -0.39 is 0 Å². The van der Waals surface area contributed by atoms with Gasteiger partial charge in [0, 0.05) is 31.2 Å². The molecule has 0 saturated heterocycles. The third-order valence-corrected chi connectivity index (χ3v) is 5.19. The summed E-state index contributed by atoms with van der Waals surface area (Å²) in [4.78, 5) is 12.4. The average molecular weight is 386 g/mol. The van der Waals surface area contributed by atoms with Crippen molar-refractivity contribution in [1.29, 1.82) is 0 Å². The topological polar surface area (TPSA) is 50.4 Å². The normalized spacial score (nSPS) is 10.5. The second kappa shape index (κ2) is 8.20. The number of carbonyl (C=O) groups excluding carboxylic acids is 1. The Labute approximate surface area is 121 Å². The first-order chi connectivity index (χ1) is 8.15. The number of carbonyl (C=O) groups is 1. The fraction of sp³-hybridized carbons (Fsp3) is 0.500. The van der Waals surface area contributed by atoms with E-state index in [-0.39, 0.29) is 5.91 Å². The van der Waals surface area contributed by atoms with Gasteiger partial charge >= 0.3 is 0 Å². The summed E-state index contributed by atoms with van der Waals surface area (Å²) in [5, 5.41) is 6.00. The molecule has 17 heavy (non-hydrogen) atoms. The number of hydrogen-bond acceptors (Lipinski definition) is 4. The van der Waals surface area contributed by atoms with Gasteiger partial charge in [0.15, 0.2) is 0 Å². The molecule has 0 aromatic carbocycles. The molecule has 1 heterocycles. The summed E-state index contributed by atoms with van der Waals surface area (Å²) in [5.41, 5.74) is 0. The third kappa shape index (κ3) is 5.48. The van der Waals surface area contributed by atoms with Crippen LogP contribution < -0.4 is 10.6 Å². The highest BCUT2D eigenvalue weighted by Gasteiger charge is 2.10. The molecule has 1 aromatic heterocycles. The Morgan fingerprint density at radius 3 is 2.76 bits per heavy atom. The van der Waals surface area contributed by atoms with E-state index in [0.717, 1.165) is 21.3 Å². The molecular weight excluding hydrogens is 372 g/mol. The molecule has 0 unspecified atom stereocenters. The van der Waals surface area contributed by atoms with Crippen molar-refractivity contribution in [2.75, 3.05) is 33.4 Å². The number of halogens is 2. The van der Waals surface area contributed by atoms with Gasteiger partial charge in [-0.1, -0.05) is 0 Å². The summed E-state index contributed by atoms with van der Waals surface area (Å²) in [6, 6.07) is 1.81. The van der Waals surface area contributed by atoms with Crippen LogP contribution in [0.3, 0.4) is 0 Å². The van der Waals surface area contributed by atoms with Crippen LogP contribution in [0.5, 0.6) is 0 Å². The Kier molecular flexibility index (Phi) is 7.29. The van der Waals surface area contributed by atoms with Gasteiger partial charge in [0.25, 0.3) is 5.91 Å². The Morgan fingerprint density at radius 1 is 1.41 bits per heavy atom. The maximum atomic E-state index is 11.7. The molecule has 1 aromatic rings. The van der Waals surface area contributed by atoms with Gasteiger partial charge in [-0.05, 0) is 37.9 Å². The first-order valence-electron chi connectivity index (χ1n) is 5.08. The minimum Gasteiger partial charge on any atom is -0.383 e. The predicted octanol–water partition coefficient (Wildman–Crippen LogP) is 2.24. The third-order valence-electron chi connectivity index (χ3n) is 1.94. The van der Waals surface area contributed by atoms with Crippen LogP contribution in [-0.2, 0) is 4.74 Å². The summed E-state index contributed by atoms with van der Waals surface area (Å²) in [5.74, 6) is -0.0464. The molecule has 0 radical (unpaired) electrons. The molecule has 0 spiro atoms. The zero-order valence-corrected chi connectivity index (χ0v) is 13.4. The Bertz CT molecular complexity index is 352. The molecule has 7 heteroatoms. The van der Waals surface area contributed by atoms with Gasteiger partial charge < -0.3 is 15.4 Å². The number of ether oxygens (including phenoxy) is 1. The van der Waals surface area contributed by atoms with Gasteiger partial charge in [0.2, 0.25) is 0 Å². The molecule has 0 aliphatic rings. The number of thiophene rings is 1. The molecule has 0 fully saturated rings. The lowest BCUT2D eigenvalue weighted by molar-refractivity contribution is 0.0957. The molecule has 0 aliphatic heterocycles. The number of amides is 1. The Balaban J connectivity index is 2.21. The highest BCUT2D eigenvalue weighted by molar-refractivity contribution is 9.13. The van der Waals surface area contributed by atoms with Gasteiger partial charge in [-0.3, -0.25) is 4.79 Å². The van der Waals surface area contributed by atoms with E-state index in [1.54, 1.807) is 7.11 Å². The summed E-state index contributed by atoms with van der Waals surface area (Å²) >= 11 is 8.12. The lowest BCUT2D eigenvalue weighted by atomic mass is 10.4. The van der Waals surface area contributed by atoms with Crippen molar-refractivity contribution >= 4 is 49.1 Å². The number of methoxy groups -OCH3 is 1. The summed E-state index contributed by atoms with van der Waals surface area (Å²) in [7, 11) is 1.66. The highest BCUT2D eigenvalue weighted by atomic mass is 79.9. The Hall–Kier alpha value is 0.0500. The number of nitrogens with one attached hydrogen (secondary N) is 2. The van der Waals surface area contributed by atoms with Crippen molar-refractivity contribution in [2.45, 2.75) is 0 Å². The molecule has 1 amide bonds. The van der Waals surface area contributed by atoms with Crippen LogP contribution in [0.25, 0.3) is 0 Å². The van der Waals surface area contributed by atoms with E-state index in [2.05, 4.69) is 42.5 Å². The summed E-state index contributed by atoms with van der Waals surface area (Å²) in [6.45, 7) is 2.82. The van der Waals surface area contributed by atoms with Gasteiger partial charge in [-0.25, -0.2) is 0 Å². The first-order valence-corrected chi connectivity index (χ1v) is 7.48. The van der Waals surface area contributed by atoms with Crippen molar-refractivity contribution in [3.8, 4) is 0 Å². The summed E-state index contributed by atoms with van der Waals surface area (Å²) in [6.07, 6.45) is 0. The van der Waals surface area contributed by atoms with Gasteiger partial charge in [-0.15, -0.1) is 11.3 Å². The van der Waals surface area contributed by atoms with Crippen LogP contribution in [0.15, 0.2) is 14.3 Å². The predicted molar refractivity (Wildman–Crippen MR) is 76.8 cm³/mol. The molecule has 2 N–H and O–H groups in total. The van der Waals surface area contributed by atoms with Crippen molar-refractivity contribution in [2.24, 2.45) is 0 Å². The average Bonchev–Trinajstić information content (AvgIpc) is 2.64. The van der Waals surface area contributed by atoms with Crippen LogP contribution in [0.1, 0.15) is 9.67 Å². The fourth-order valence-corrected chi connectivity index (χ4v) is 3.06. The molecule has 96 valence electrons. The van der Waals surface area contributed by atoms with Crippen LogP contribution in [-0.4, -0.2) is 39.3 Å². The minimum atomic E-state index is -0.0464. The van der Waals surface area contributed by atoms with Crippen LogP contribution in [0.4, 0.5) is 0 Å².